The van der Waals surface area contributed by atoms with Gasteiger partial charge < -0.3 is 20.1 Å². The van der Waals surface area contributed by atoms with Crippen LogP contribution < -0.4 is 10.6 Å². The molecule has 0 atom stereocenters. The summed E-state index contributed by atoms with van der Waals surface area (Å²) in [5.41, 5.74) is 4.79. The molecule has 35 heavy (non-hydrogen) atoms. The minimum atomic E-state index is -0.203. The van der Waals surface area contributed by atoms with Gasteiger partial charge in [-0.3, -0.25) is 4.79 Å². The zero-order valence-electron chi connectivity index (χ0n) is 21.0. The van der Waals surface area contributed by atoms with Crippen molar-refractivity contribution in [1.82, 2.24) is 35.5 Å². The summed E-state index contributed by atoms with van der Waals surface area (Å²) in [6.45, 7) is 8.91. The third kappa shape index (κ3) is 5.75. The molecular formula is C26H33N7O2. The lowest BCUT2D eigenvalue weighted by Crippen LogP contribution is -2.26. The van der Waals surface area contributed by atoms with Gasteiger partial charge >= 0.3 is 0 Å². The number of nitrogens with one attached hydrogen (secondary N) is 2. The standard InChI is InChI=1S/C26H33N7O2/c1-17(2)33-25-23(15-29-33)22(26(34)28-14-21-11-18(3)35-31-21)13-24(30-25)20-8-6-7-19(12-20)16-32(5)10-9-27-4/h6-8,11-13,15,17,27H,9-10,14,16H2,1-5H3,(H,28,34). The second-order valence-electron chi connectivity index (χ2n) is 9.13. The predicted octanol–water partition coefficient (Wildman–Crippen LogP) is 3.56. The average Bonchev–Trinajstić information content (AvgIpc) is 3.46. The Morgan fingerprint density at radius 1 is 1.23 bits per heavy atom. The highest BCUT2D eigenvalue weighted by Gasteiger charge is 2.19. The molecule has 9 heteroatoms. The Morgan fingerprint density at radius 3 is 2.77 bits per heavy atom. The SMILES string of the molecule is CNCCN(C)Cc1cccc(-c2cc(C(=O)NCc3cc(C)on3)c3cnn(C(C)C)c3n2)c1. The maximum atomic E-state index is 13.3. The molecule has 9 nitrogen and oxygen atoms in total. The Bertz CT molecular complexity index is 1310. The summed E-state index contributed by atoms with van der Waals surface area (Å²) in [5.74, 6) is 0.503. The van der Waals surface area contributed by atoms with Crippen LogP contribution in [-0.2, 0) is 13.1 Å². The number of hydrogen-bond acceptors (Lipinski definition) is 7. The lowest BCUT2D eigenvalue weighted by molar-refractivity contribution is 0.0951. The van der Waals surface area contributed by atoms with Gasteiger partial charge in [0.2, 0.25) is 0 Å². The fourth-order valence-corrected chi connectivity index (χ4v) is 4.02. The molecule has 0 aliphatic carbocycles. The van der Waals surface area contributed by atoms with Crippen molar-refractivity contribution in [3.8, 4) is 11.3 Å². The van der Waals surface area contributed by atoms with Crippen molar-refractivity contribution < 1.29 is 9.32 Å². The zero-order chi connectivity index (χ0) is 24.9. The molecule has 0 unspecified atom stereocenters. The Kier molecular flexibility index (Phi) is 7.57. The number of pyridine rings is 1. The van der Waals surface area contributed by atoms with E-state index in [9.17, 15) is 4.79 Å². The van der Waals surface area contributed by atoms with Crippen LogP contribution in [0.4, 0.5) is 0 Å². The first-order valence-electron chi connectivity index (χ1n) is 11.9. The van der Waals surface area contributed by atoms with Crippen molar-refractivity contribution >= 4 is 16.9 Å². The minimum absolute atomic E-state index is 0.108. The molecule has 3 aromatic heterocycles. The van der Waals surface area contributed by atoms with E-state index in [4.69, 9.17) is 9.51 Å². The number of amides is 1. The van der Waals surface area contributed by atoms with E-state index in [1.54, 1.807) is 6.20 Å². The number of nitrogens with zero attached hydrogens (tertiary/aromatic N) is 5. The monoisotopic (exact) mass is 475 g/mol. The highest BCUT2D eigenvalue weighted by atomic mass is 16.5. The van der Waals surface area contributed by atoms with E-state index in [0.717, 1.165) is 36.3 Å². The van der Waals surface area contributed by atoms with Gasteiger partial charge in [-0.05, 0) is 52.6 Å². The molecule has 0 saturated carbocycles. The molecule has 3 heterocycles. The van der Waals surface area contributed by atoms with E-state index in [0.29, 0.717) is 22.7 Å². The molecule has 0 bridgehead atoms. The molecule has 0 fully saturated rings. The van der Waals surface area contributed by atoms with Crippen LogP contribution in [0.15, 0.2) is 47.1 Å². The first-order valence-corrected chi connectivity index (χ1v) is 11.9. The van der Waals surface area contributed by atoms with Crippen LogP contribution in [0.25, 0.3) is 22.3 Å². The molecule has 0 radical (unpaired) electrons. The Hall–Kier alpha value is -3.56. The second-order valence-corrected chi connectivity index (χ2v) is 9.13. The van der Waals surface area contributed by atoms with Gasteiger partial charge in [-0.15, -0.1) is 0 Å². The maximum Gasteiger partial charge on any atom is 0.252 e. The van der Waals surface area contributed by atoms with E-state index in [-0.39, 0.29) is 18.5 Å². The molecule has 0 aliphatic heterocycles. The van der Waals surface area contributed by atoms with Crippen LogP contribution in [0.3, 0.4) is 0 Å². The van der Waals surface area contributed by atoms with Crippen molar-refractivity contribution in [2.45, 2.75) is 39.9 Å². The molecule has 0 aliphatic rings. The van der Waals surface area contributed by atoms with Gasteiger partial charge in [-0.2, -0.15) is 5.10 Å². The minimum Gasteiger partial charge on any atom is -0.361 e. The van der Waals surface area contributed by atoms with Crippen molar-refractivity contribution in [2.75, 3.05) is 27.2 Å². The average molecular weight is 476 g/mol. The van der Waals surface area contributed by atoms with Gasteiger partial charge in [0, 0.05) is 37.3 Å². The lowest BCUT2D eigenvalue weighted by Gasteiger charge is -2.17. The van der Waals surface area contributed by atoms with Crippen LogP contribution >= 0.6 is 0 Å². The summed E-state index contributed by atoms with van der Waals surface area (Å²) in [6, 6.07) is 12.1. The van der Waals surface area contributed by atoms with Crippen molar-refractivity contribution in [2.24, 2.45) is 0 Å². The summed E-state index contributed by atoms with van der Waals surface area (Å²) >= 11 is 0. The number of aromatic nitrogens is 4. The molecule has 4 rings (SSSR count). The van der Waals surface area contributed by atoms with Crippen LogP contribution in [0.1, 0.15) is 47.3 Å². The van der Waals surface area contributed by atoms with Gasteiger partial charge in [-0.1, -0.05) is 23.4 Å². The van der Waals surface area contributed by atoms with E-state index in [2.05, 4.69) is 58.8 Å². The highest BCUT2D eigenvalue weighted by Crippen LogP contribution is 2.27. The molecule has 1 aromatic carbocycles. The van der Waals surface area contributed by atoms with E-state index in [1.807, 2.05) is 42.9 Å². The van der Waals surface area contributed by atoms with E-state index < -0.39 is 0 Å². The maximum absolute atomic E-state index is 13.3. The number of rotatable bonds is 10. The van der Waals surface area contributed by atoms with E-state index >= 15 is 0 Å². The number of benzene rings is 1. The fourth-order valence-electron chi connectivity index (χ4n) is 4.02. The largest absolute Gasteiger partial charge is 0.361 e. The van der Waals surface area contributed by atoms with E-state index in [1.165, 1.54) is 5.56 Å². The summed E-state index contributed by atoms with van der Waals surface area (Å²) in [5, 5.41) is 15.3. The predicted molar refractivity (Wildman–Crippen MR) is 136 cm³/mol. The smallest absolute Gasteiger partial charge is 0.252 e. The number of aryl methyl sites for hydroxylation is 1. The fraction of sp³-hybridized carbons (Fsp3) is 0.385. The highest BCUT2D eigenvalue weighted by molar-refractivity contribution is 6.06. The molecule has 0 spiro atoms. The van der Waals surface area contributed by atoms with Crippen LogP contribution in [0, 0.1) is 6.92 Å². The normalized spacial score (nSPS) is 11.6. The molecule has 1 amide bonds. The Balaban J connectivity index is 1.68. The topological polar surface area (TPSA) is 101 Å². The number of likely N-dealkylation sites (N-methyl/N-ethyl adjacent to an activating group) is 2. The first kappa shape index (κ1) is 24.6. The van der Waals surface area contributed by atoms with Gasteiger partial charge in [0.1, 0.15) is 11.5 Å². The summed E-state index contributed by atoms with van der Waals surface area (Å²) in [6.07, 6.45) is 1.72. The van der Waals surface area contributed by atoms with Crippen molar-refractivity contribution in [3.05, 3.63) is 65.2 Å². The lowest BCUT2D eigenvalue weighted by atomic mass is 10.0. The van der Waals surface area contributed by atoms with Crippen molar-refractivity contribution in [3.63, 3.8) is 0 Å². The number of hydrogen-bond donors (Lipinski definition) is 2. The quantitative estimate of drug-likeness (QED) is 0.362. The van der Waals surface area contributed by atoms with Crippen LogP contribution in [0.5, 0.6) is 0 Å². The first-order chi connectivity index (χ1) is 16.9. The summed E-state index contributed by atoms with van der Waals surface area (Å²) in [7, 11) is 4.06. The van der Waals surface area contributed by atoms with Crippen molar-refractivity contribution in [1.29, 1.82) is 0 Å². The number of fused-ring (bicyclic) bond motifs is 1. The number of carbonyl (C=O) groups excluding carboxylic acids is 1. The third-order valence-corrected chi connectivity index (χ3v) is 5.83. The molecule has 0 saturated heterocycles. The Morgan fingerprint density at radius 2 is 2.06 bits per heavy atom. The molecular weight excluding hydrogens is 442 g/mol. The molecule has 184 valence electrons. The number of carbonyl (C=O) groups is 1. The van der Waals surface area contributed by atoms with Gasteiger partial charge in [0.25, 0.3) is 5.91 Å². The van der Waals surface area contributed by atoms with Gasteiger partial charge in [-0.25, -0.2) is 9.67 Å². The summed E-state index contributed by atoms with van der Waals surface area (Å²) in [4.78, 5) is 20.5. The third-order valence-electron chi connectivity index (χ3n) is 5.83. The van der Waals surface area contributed by atoms with Gasteiger partial charge in [0.15, 0.2) is 5.65 Å². The molecule has 4 aromatic rings. The van der Waals surface area contributed by atoms with Crippen LogP contribution in [-0.4, -0.2) is 57.9 Å². The van der Waals surface area contributed by atoms with Gasteiger partial charge in [0.05, 0.1) is 29.4 Å². The second kappa shape index (κ2) is 10.8. The Labute approximate surface area is 205 Å². The van der Waals surface area contributed by atoms with Crippen LogP contribution in [0.2, 0.25) is 0 Å². The molecule has 2 N–H and O–H groups in total. The summed E-state index contributed by atoms with van der Waals surface area (Å²) < 4.78 is 6.96. The zero-order valence-corrected chi connectivity index (χ0v) is 21.0.